The number of nitrogens with zero attached hydrogens (tertiary/aromatic N) is 5. The van der Waals surface area contributed by atoms with Gasteiger partial charge in [-0.2, -0.15) is 5.21 Å². The highest BCUT2D eigenvalue weighted by Gasteiger charge is 2.42. The molecule has 3 heterocycles. The number of carbonyl (C=O) groups excluding carboxylic acids is 4. The van der Waals surface area contributed by atoms with Gasteiger partial charge in [-0.25, -0.2) is 4.98 Å². The van der Waals surface area contributed by atoms with Crippen LogP contribution in [0.25, 0.3) is 0 Å². The Kier molecular flexibility index (Phi) is 11.6. The highest BCUT2D eigenvalue weighted by Crippen LogP contribution is 2.31. The fourth-order valence-electron chi connectivity index (χ4n) is 4.55. The van der Waals surface area contributed by atoms with Gasteiger partial charge in [-0.3, -0.25) is 33.7 Å². The highest BCUT2D eigenvalue weighted by molar-refractivity contribution is 6.06. The van der Waals surface area contributed by atoms with Crippen LogP contribution in [0.1, 0.15) is 57.3 Å². The molecule has 6 N–H and O–H groups in total. The van der Waals surface area contributed by atoms with Gasteiger partial charge in [0, 0.05) is 38.4 Å². The second-order valence-electron chi connectivity index (χ2n) is 10.1. The van der Waals surface area contributed by atoms with Gasteiger partial charge < -0.3 is 26.2 Å². The van der Waals surface area contributed by atoms with Gasteiger partial charge in [0.2, 0.25) is 17.7 Å². The molecule has 0 bridgehead atoms. The molecule has 2 aromatic heterocycles. The molecular weight excluding hydrogens is 566 g/mol. The van der Waals surface area contributed by atoms with Gasteiger partial charge in [-0.05, 0) is 24.0 Å². The molecule has 17 nitrogen and oxygen atoms in total. The van der Waals surface area contributed by atoms with Crippen LogP contribution in [0, 0.1) is 5.92 Å². The molecule has 0 saturated carbocycles. The largest absolute Gasteiger partial charge is 0.481 e. The number of aromatic amines is 1. The summed E-state index contributed by atoms with van der Waals surface area (Å²) in [5.74, 6) is -4.85. The molecule has 1 aliphatic heterocycles. The van der Waals surface area contributed by atoms with E-state index >= 15 is 0 Å². The Morgan fingerprint density at radius 2 is 1.84 bits per heavy atom. The average molecular weight is 602 g/mol. The van der Waals surface area contributed by atoms with Gasteiger partial charge in [0.1, 0.15) is 23.9 Å². The molecule has 0 aromatic carbocycles. The summed E-state index contributed by atoms with van der Waals surface area (Å²) in [6.45, 7) is 3.64. The van der Waals surface area contributed by atoms with Gasteiger partial charge in [-0.1, -0.05) is 31.5 Å². The number of hydrogen-bond donors (Lipinski definition) is 6. The van der Waals surface area contributed by atoms with Gasteiger partial charge in [-0.15, -0.1) is 10.2 Å². The van der Waals surface area contributed by atoms with Crippen molar-refractivity contribution in [1.82, 2.24) is 41.6 Å². The lowest BCUT2D eigenvalue weighted by Crippen LogP contribution is -2.58. The first-order valence-corrected chi connectivity index (χ1v) is 13.8. The molecule has 4 amide bonds. The minimum Gasteiger partial charge on any atom is -0.481 e. The lowest BCUT2D eigenvalue weighted by Gasteiger charge is -2.30. The number of carboxylic acid groups (broad SMARTS) is 2. The molecule has 2 aromatic rings. The van der Waals surface area contributed by atoms with Gasteiger partial charge in [0.05, 0.1) is 6.42 Å². The van der Waals surface area contributed by atoms with Crippen molar-refractivity contribution >= 4 is 41.4 Å². The van der Waals surface area contributed by atoms with Crippen LogP contribution in [0.2, 0.25) is 0 Å². The van der Waals surface area contributed by atoms with Crippen molar-refractivity contribution in [3.63, 3.8) is 0 Å². The van der Waals surface area contributed by atoms with E-state index in [2.05, 4.69) is 41.6 Å². The summed E-state index contributed by atoms with van der Waals surface area (Å²) in [7, 11) is 0. The summed E-state index contributed by atoms with van der Waals surface area (Å²) in [4.78, 5) is 80.8. The van der Waals surface area contributed by atoms with E-state index in [-0.39, 0.29) is 38.0 Å². The molecule has 0 aliphatic carbocycles. The molecule has 0 spiro atoms. The van der Waals surface area contributed by atoms with Crippen molar-refractivity contribution in [2.24, 2.45) is 5.92 Å². The molecule has 0 fully saturated rings. The number of carbonyl (C=O) groups is 6. The zero-order valence-electron chi connectivity index (χ0n) is 23.8. The summed E-state index contributed by atoms with van der Waals surface area (Å²) in [5.41, 5.74) is 0.612. The number of pyridine rings is 1. The molecule has 4 atom stereocenters. The van der Waals surface area contributed by atoms with Crippen LogP contribution in [0.15, 0.2) is 18.3 Å². The zero-order chi connectivity index (χ0) is 31.5. The number of H-pyrrole nitrogens is 1. The third kappa shape index (κ3) is 9.01. The van der Waals surface area contributed by atoms with Crippen molar-refractivity contribution in [3.8, 4) is 0 Å². The molecule has 1 aliphatic rings. The van der Waals surface area contributed by atoms with E-state index < -0.39 is 72.5 Å². The lowest BCUT2D eigenvalue weighted by molar-refractivity contribution is -0.140. The maximum absolute atomic E-state index is 14.0. The van der Waals surface area contributed by atoms with E-state index in [4.69, 9.17) is 5.11 Å². The third-order valence-corrected chi connectivity index (χ3v) is 7.04. The molecule has 232 valence electrons. The zero-order valence-corrected chi connectivity index (χ0v) is 23.8. The second-order valence-corrected chi connectivity index (χ2v) is 10.1. The Bertz CT molecular complexity index is 1320. The number of amides is 4. The van der Waals surface area contributed by atoms with Crippen molar-refractivity contribution in [2.45, 2.75) is 76.9 Å². The Labute approximate surface area is 246 Å². The van der Waals surface area contributed by atoms with E-state index in [0.29, 0.717) is 17.8 Å². The minimum atomic E-state index is -1.38. The van der Waals surface area contributed by atoms with Crippen molar-refractivity contribution in [1.29, 1.82) is 0 Å². The summed E-state index contributed by atoms with van der Waals surface area (Å²) < 4.78 is 0. The Morgan fingerprint density at radius 3 is 2.49 bits per heavy atom. The number of fused-ring (bicyclic) bond motifs is 1. The smallest absolute Gasteiger partial charge is 0.303 e. The quantitative estimate of drug-likeness (QED) is 0.135. The van der Waals surface area contributed by atoms with Gasteiger partial charge in [0.15, 0.2) is 5.82 Å². The summed E-state index contributed by atoms with van der Waals surface area (Å²) in [6, 6.07) is -0.168. The minimum absolute atomic E-state index is 0.137. The molecule has 2 unspecified atom stereocenters. The first kappa shape index (κ1) is 32.6. The second kappa shape index (κ2) is 15.3. The molecule has 17 heteroatoms. The standard InChI is InChI=1S/C26H35N9O8/c1-3-14(2)22(30-19(36)7-9-21(39)40)25(42)29-16(6-8-20(37)38)26(43)35-17(13-15-5-4-11-27-23(15)35)24(41)28-12-10-18-31-33-34-32-18/h4-5,11,14,16-17,22H,3,6-10,12-13H2,1-2H3,(H,28,41)(H,29,42)(H,30,36)(H,37,38)(H,39,40)(H,31,32,33,34)/t14-,16?,17?,22-/m0/s1. The van der Waals surface area contributed by atoms with E-state index in [0.717, 1.165) is 4.90 Å². The van der Waals surface area contributed by atoms with Gasteiger partial charge in [0.25, 0.3) is 5.91 Å². The highest BCUT2D eigenvalue weighted by atomic mass is 16.4. The van der Waals surface area contributed by atoms with E-state index in [9.17, 15) is 33.9 Å². The first-order chi connectivity index (χ1) is 20.5. The van der Waals surface area contributed by atoms with E-state index in [1.807, 2.05) is 0 Å². The molecule has 3 rings (SSSR count). The number of aromatic nitrogens is 5. The fraction of sp³-hybridized carbons (Fsp3) is 0.538. The predicted molar refractivity (Wildman–Crippen MR) is 147 cm³/mol. The average Bonchev–Trinajstić information content (AvgIpc) is 3.64. The SMILES string of the molecule is CC[C@H](C)[C@H](NC(=O)CCC(=O)O)C(=O)NC(CCC(=O)O)C(=O)N1c2ncccc2CC1C(=O)NCCc1nn[nH]n1. The maximum Gasteiger partial charge on any atom is 0.303 e. The molecule has 0 radical (unpaired) electrons. The van der Waals surface area contributed by atoms with Crippen LogP contribution in [-0.2, 0) is 41.6 Å². The van der Waals surface area contributed by atoms with Crippen LogP contribution in [-0.4, -0.2) is 96.1 Å². The number of anilines is 1. The fourth-order valence-corrected chi connectivity index (χ4v) is 4.55. The number of tetrazole rings is 1. The van der Waals surface area contributed by atoms with E-state index in [1.54, 1.807) is 26.0 Å². The third-order valence-electron chi connectivity index (χ3n) is 7.04. The van der Waals surface area contributed by atoms with Crippen molar-refractivity contribution < 1.29 is 39.0 Å². The Hall–Kier alpha value is -4.96. The first-order valence-electron chi connectivity index (χ1n) is 13.8. The summed E-state index contributed by atoms with van der Waals surface area (Å²) in [5, 5.41) is 39.5. The number of carboxylic acids is 2. The Balaban J connectivity index is 1.83. The lowest BCUT2D eigenvalue weighted by atomic mass is 9.97. The van der Waals surface area contributed by atoms with Crippen molar-refractivity contribution in [3.05, 3.63) is 29.7 Å². The topological polar surface area (TPSA) is 250 Å². The Morgan fingerprint density at radius 1 is 1.09 bits per heavy atom. The van der Waals surface area contributed by atoms with Crippen LogP contribution >= 0.6 is 0 Å². The van der Waals surface area contributed by atoms with Crippen LogP contribution in [0.5, 0.6) is 0 Å². The van der Waals surface area contributed by atoms with Crippen LogP contribution in [0.4, 0.5) is 5.82 Å². The van der Waals surface area contributed by atoms with Gasteiger partial charge >= 0.3 is 11.9 Å². The monoisotopic (exact) mass is 601 g/mol. The van der Waals surface area contributed by atoms with Crippen LogP contribution in [0.3, 0.4) is 0 Å². The molecular formula is C26H35N9O8. The summed E-state index contributed by atoms with van der Waals surface area (Å²) >= 11 is 0. The number of rotatable bonds is 16. The van der Waals surface area contributed by atoms with Crippen LogP contribution < -0.4 is 20.9 Å². The predicted octanol–water partition coefficient (Wildman–Crippen LogP) is -1.04. The van der Waals surface area contributed by atoms with Crippen molar-refractivity contribution in [2.75, 3.05) is 11.4 Å². The number of aliphatic carboxylic acids is 2. The molecule has 43 heavy (non-hydrogen) atoms. The maximum atomic E-state index is 14.0. The summed E-state index contributed by atoms with van der Waals surface area (Å²) in [6.07, 6.45) is 0.771. The van der Waals surface area contributed by atoms with E-state index in [1.165, 1.54) is 6.20 Å². The number of hydrogen-bond acceptors (Lipinski definition) is 10. The molecule has 0 saturated heterocycles. The normalized spacial score (nSPS) is 16.0. The number of nitrogens with one attached hydrogen (secondary N) is 4.